The molecule has 0 saturated carbocycles. The molecule has 2 N–H and O–H groups in total. The minimum Gasteiger partial charge on any atom is -0.506 e. The van der Waals surface area contributed by atoms with E-state index in [0.717, 1.165) is 36.8 Å². The number of aryl methyl sites for hydroxylation is 1. The van der Waals surface area contributed by atoms with Crippen molar-refractivity contribution in [2.75, 3.05) is 11.1 Å². The molecule has 1 aromatic carbocycles. The van der Waals surface area contributed by atoms with E-state index < -0.39 is 0 Å². The number of anilines is 1. The maximum absolute atomic E-state index is 12.5. The van der Waals surface area contributed by atoms with Crippen LogP contribution < -0.4 is 5.32 Å². The Morgan fingerprint density at radius 2 is 2.12 bits per heavy atom. The van der Waals surface area contributed by atoms with E-state index in [1.165, 1.54) is 37.2 Å². The molecule has 2 aromatic rings. The number of hydrogen-bond acceptors (Lipinski definition) is 6. The maximum atomic E-state index is 12.5. The molecule has 0 atom stereocenters. The van der Waals surface area contributed by atoms with Crippen LogP contribution in [-0.2, 0) is 17.8 Å². The van der Waals surface area contributed by atoms with Gasteiger partial charge in [-0.1, -0.05) is 18.2 Å². The van der Waals surface area contributed by atoms with Crippen LogP contribution in [0.2, 0.25) is 0 Å². The van der Waals surface area contributed by atoms with Crippen molar-refractivity contribution in [3.8, 4) is 5.75 Å². The smallest absolute Gasteiger partial charge is 0.221 e. The van der Waals surface area contributed by atoms with Gasteiger partial charge in [0, 0.05) is 25.5 Å². The van der Waals surface area contributed by atoms with Gasteiger partial charge >= 0.3 is 0 Å². The molecule has 1 amide bonds. The fourth-order valence-electron chi connectivity index (χ4n) is 2.78. The number of aromatic hydroxyl groups is 1. The van der Waals surface area contributed by atoms with Crippen LogP contribution in [0.25, 0.3) is 0 Å². The molecular weight excluding hydrogens is 340 g/mol. The molecule has 0 spiro atoms. The third-order valence-corrected chi connectivity index (χ3v) is 5.00. The fraction of sp³-hybridized carbons (Fsp3) is 0.412. The molecule has 8 heteroatoms. The van der Waals surface area contributed by atoms with Crippen molar-refractivity contribution in [1.82, 2.24) is 14.8 Å². The van der Waals surface area contributed by atoms with Gasteiger partial charge in [-0.15, -0.1) is 10.2 Å². The predicted molar refractivity (Wildman–Crippen MR) is 95.0 cm³/mol. The minimum absolute atomic E-state index is 0.0674. The van der Waals surface area contributed by atoms with Gasteiger partial charge in [0.05, 0.1) is 11.4 Å². The van der Waals surface area contributed by atoms with E-state index in [0.29, 0.717) is 5.56 Å². The molecule has 132 valence electrons. The zero-order valence-corrected chi connectivity index (χ0v) is 14.8. The predicted octanol–water partition coefficient (Wildman–Crippen LogP) is 2.64. The van der Waals surface area contributed by atoms with E-state index in [2.05, 4.69) is 20.1 Å². The number of benzene rings is 1. The van der Waals surface area contributed by atoms with Gasteiger partial charge in [-0.3, -0.25) is 9.59 Å². The maximum Gasteiger partial charge on any atom is 0.221 e. The summed E-state index contributed by atoms with van der Waals surface area (Å²) in [6.07, 6.45) is 4.34. The van der Waals surface area contributed by atoms with Crippen molar-refractivity contribution in [2.45, 2.75) is 44.3 Å². The van der Waals surface area contributed by atoms with E-state index in [-0.39, 0.29) is 28.9 Å². The normalized spacial score (nSPS) is 13.8. The average Bonchev–Trinajstić information content (AvgIpc) is 2.81. The second-order valence-electron chi connectivity index (χ2n) is 5.99. The van der Waals surface area contributed by atoms with Gasteiger partial charge < -0.3 is 15.0 Å². The number of phenolic OH excluding ortho intramolecular Hbond substituents is 1. The molecule has 0 unspecified atom stereocenters. The zero-order chi connectivity index (χ0) is 17.8. The molecule has 0 saturated heterocycles. The monoisotopic (exact) mass is 360 g/mol. The second kappa shape index (κ2) is 7.69. The highest BCUT2D eigenvalue weighted by Gasteiger charge is 2.17. The van der Waals surface area contributed by atoms with Gasteiger partial charge in [0.25, 0.3) is 0 Å². The topological polar surface area (TPSA) is 97.1 Å². The minimum atomic E-state index is -0.305. The van der Waals surface area contributed by atoms with Crippen LogP contribution >= 0.6 is 11.8 Å². The van der Waals surface area contributed by atoms with Crippen molar-refractivity contribution >= 4 is 29.1 Å². The van der Waals surface area contributed by atoms with Gasteiger partial charge in [-0.2, -0.15) is 0 Å². The molecule has 2 heterocycles. The number of carbonyl (C=O) groups is 2. The third kappa shape index (κ3) is 4.19. The van der Waals surface area contributed by atoms with Crippen molar-refractivity contribution in [2.24, 2.45) is 0 Å². The third-order valence-electron chi connectivity index (χ3n) is 4.04. The first-order valence-corrected chi connectivity index (χ1v) is 9.22. The summed E-state index contributed by atoms with van der Waals surface area (Å²) in [5.41, 5.74) is 0.671. The number of phenols is 1. The van der Waals surface area contributed by atoms with Crippen LogP contribution in [0.1, 0.15) is 42.4 Å². The van der Waals surface area contributed by atoms with Gasteiger partial charge in [0.15, 0.2) is 10.9 Å². The summed E-state index contributed by atoms with van der Waals surface area (Å²) in [5, 5.41) is 21.5. The van der Waals surface area contributed by atoms with Crippen molar-refractivity contribution in [1.29, 1.82) is 0 Å². The highest BCUT2D eigenvalue weighted by atomic mass is 32.2. The molecule has 0 aliphatic carbocycles. The van der Waals surface area contributed by atoms with Gasteiger partial charge in [-0.05, 0) is 31.0 Å². The fourth-order valence-corrected chi connectivity index (χ4v) is 3.66. The SMILES string of the molecule is CC(=O)Nc1cc(C(=O)CSc2nnc3n2CCCCC3)ccc1O. The average molecular weight is 360 g/mol. The number of ketones is 1. The molecular formula is C17H20N4O3S. The lowest BCUT2D eigenvalue weighted by Gasteiger charge is -2.08. The lowest BCUT2D eigenvalue weighted by molar-refractivity contribution is -0.114. The van der Waals surface area contributed by atoms with Gasteiger partial charge in [-0.25, -0.2) is 0 Å². The summed E-state index contributed by atoms with van der Waals surface area (Å²) >= 11 is 1.37. The number of aromatic nitrogens is 3. The number of rotatable bonds is 5. The molecule has 0 bridgehead atoms. The van der Waals surface area contributed by atoms with E-state index in [1.807, 2.05) is 0 Å². The number of thioether (sulfide) groups is 1. The Morgan fingerprint density at radius 1 is 1.28 bits per heavy atom. The van der Waals surface area contributed by atoms with Crippen molar-refractivity contribution in [3.05, 3.63) is 29.6 Å². The Labute approximate surface area is 149 Å². The Morgan fingerprint density at radius 3 is 2.92 bits per heavy atom. The van der Waals surface area contributed by atoms with E-state index >= 15 is 0 Å². The summed E-state index contributed by atoms with van der Waals surface area (Å²) in [6.45, 7) is 2.24. The molecule has 1 aliphatic heterocycles. The van der Waals surface area contributed by atoms with Crippen LogP contribution in [0.4, 0.5) is 5.69 Å². The molecule has 1 aromatic heterocycles. The Balaban J connectivity index is 1.69. The van der Waals surface area contributed by atoms with Crippen molar-refractivity contribution in [3.63, 3.8) is 0 Å². The Bertz CT molecular complexity index is 803. The van der Waals surface area contributed by atoms with Gasteiger partial charge in [0.2, 0.25) is 5.91 Å². The molecule has 3 rings (SSSR count). The zero-order valence-electron chi connectivity index (χ0n) is 14.0. The second-order valence-corrected chi connectivity index (χ2v) is 6.93. The van der Waals surface area contributed by atoms with Crippen LogP contribution in [0.15, 0.2) is 23.4 Å². The van der Waals surface area contributed by atoms with E-state index in [9.17, 15) is 14.7 Å². The number of Topliss-reactive ketones (excluding diaryl/α,β-unsaturated/α-hetero) is 1. The lowest BCUT2D eigenvalue weighted by atomic mass is 10.1. The van der Waals surface area contributed by atoms with Crippen LogP contribution in [0.3, 0.4) is 0 Å². The highest BCUT2D eigenvalue weighted by Crippen LogP contribution is 2.26. The Kier molecular flexibility index (Phi) is 5.37. The molecule has 0 fully saturated rings. The largest absolute Gasteiger partial charge is 0.506 e. The molecule has 0 radical (unpaired) electrons. The first kappa shape index (κ1) is 17.5. The number of fused-ring (bicyclic) bond motifs is 1. The first-order valence-electron chi connectivity index (χ1n) is 8.23. The standard InChI is InChI=1S/C17H20N4O3S/c1-11(22)18-13-9-12(6-7-14(13)23)15(24)10-25-17-20-19-16-5-3-2-4-8-21(16)17/h6-7,9,23H,2-5,8,10H2,1H3,(H,18,22). The molecule has 25 heavy (non-hydrogen) atoms. The number of nitrogens with one attached hydrogen (secondary N) is 1. The molecule has 7 nitrogen and oxygen atoms in total. The van der Waals surface area contributed by atoms with Crippen molar-refractivity contribution < 1.29 is 14.7 Å². The number of hydrogen-bond donors (Lipinski definition) is 2. The quantitative estimate of drug-likeness (QED) is 0.483. The van der Waals surface area contributed by atoms with Crippen LogP contribution in [0.5, 0.6) is 5.75 Å². The summed E-state index contributed by atoms with van der Waals surface area (Å²) in [5.74, 6) is 0.748. The number of carbonyl (C=O) groups excluding carboxylic acids is 2. The van der Waals surface area contributed by atoms with Gasteiger partial charge in [0.1, 0.15) is 11.6 Å². The van der Waals surface area contributed by atoms with Crippen LogP contribution in [0, 0.1) is 0 Å². The first-order chi connectivity index (χ1) is 12.0. The summed E-state index contributed by atoms with van der Waals surface area (Å²) < 4.78 is 2.10. The Hall–Kier alpha value is -2.35. The summed E-state index contributed by atoms with van der Waals surface area (Å²) in [7, 11) is 0. The lowest BCUT2D eigenvalue weighted by Crippen LogP contribution is -2.09. The van der Waals surface area contributed by atoms with Crippen LogP contribution in [-0.4, -0.2) is 37.3 Å². The molecule has 1 aliphatic rings. The van der Waals surface area contributed by atoms with E-state index in [1.54, 1.807) is 6.07 Å². The highest BCUT2D eigenvalue weighted by molar-refractivity contribution is 7.99. The summed E-state index contributed by atoms with van der Waals surface area (Å²) in [4.78, 5) is 23.6. The number of amides is 1. The summed E-state index contributed by atoms with van der Waals surface area (Å²) in [6, 6.07) is 4.45. The number of nitrogens with zero attached hydrogens (tertiary/aromatic N) is 3. The van der Waals surface area contributed by atoms with E-state index in [4.69, 9.17) is 0 Å².